The number of hydrogen-bond donors (Lipinski definition) is 1. The van der Waals surface area contributed by atoms with Crippen LogP contribution in [0.1, 0.15) is 96.8 Å². The van der Waals surface area contributed by atoms with Crippen molar-refractivity contribution in [2.45, 2.75) is 96.8 Å². The SMILES string of the molecule is CCCCCCCC/C=C\CCCCCCCC(N)=O.[AlH3]. The molecule has 0 saturated carbocycles. The van der Waals surface area contributed by atoms with Crippen LogP contribution in [0.2, 0.25) is 0 Å². The molecule has 0 atom stereocenters. The fourth-order valence-corrected chi connectivity index (χ4v) is 2.37. The molecule has 0 rings (SSSR count). The Hall–Kier alpha value is -0.258. The van der Waals surface area contributed by atoms with Crippen LogP contribution < -0.4 is 5.73 Å². The summed E-state index contributed by atoms with van der Waals surface area (Å²) < 4.78 is 0. The molecule has 0 aromatic carbocycles. The molecular weight excluding hydrogens is 273 g/mol. The Labute approximate surface area is 143 Å². The van der Waals surface area contributed by atoms with Crippen molar-refractivity contribution in [2.24, 2.45) is 5.73 Å². The summed E-state index contributed by atoms with van der Waals surface area (Å²) in [5.74, 6) is -0.164. The number of carbonyl (C=O) groups is 1. The zero-order chi connectivity index (χ0) is 14.9. The topological polar surface area (TPSA) is 43.1 Å². The Morgan fingerprint density at radius 1 is 0.762 bits per heavy atom. The predicted molar refractivity (Wildman–Crippen MR) is 98.6 cm³/mol. The highest BCUT2D eigenvalue weighted by Gasteiger charge is 1.94. The van der Waals surface area contributed by atoms with E-state index in [4.69, 9.17) is 5.73 Å². The Kier molecular flexibility index (Phi) is 21.6. The second-order valence-corrected chi connectivity index (χ2v) is 5.80. The van der Waals surface area contributed by atoms with Crippen molar-refractivity contribution in [3.05, 3.63) is 12.2 Å². The number of rotatable bonds is 15. The van der Waals surface area contributed by atoms with Crippen molar-refractivity contribution in [2.75, 3.05) is 0 Å². The van der Waals surface area contributed by atoms with E-state index >= 15 is 0 Å². The van der Waals surface area contributed by atoms with Crippen LogP contribution in [0, 0.1) is 0 Å². The number of carbonyl (C=O) groups excluding carboxylic acids is 1. The number of amides is 1. The molecule has 3 heteroatoms. The number of primary amides is 1. The van der Waals surface area contributed by atoms with Gasteiger partial charge < -0.3 is 5.73 Å². The zero-order valence-corrected chi connectivity index (χ0v) is 13.5. The minimum Gasteiger partial charge on any atom is -0.370 e. The molecule has 0 fully saturated rings. The Balaban J connectivity index is 0. The summed E-state index contributed by atoms with van der Waals surface area (Å²) in [6.07, 6.45) is 21.9. The lowest BCUT2D eigenvalue weighted by Gasteiger charge is -1.99. The van der Waals surface area contributed by atoms with E-state index in [2.05, 4.69) is 19.1 Å². The summed E-state index contributed by atoms with van der Waals surface area (Å²) in [6.45, 7) is 2.26. The van der Waals surface area contributed by atoms with E-state index in [0.717, 1.165) is 12.8 Å². The molecule has 0 heterocycles. The number of nitrogens with two attached hydrogens (primary N) is 1. The van der Waals surface area contributed by atoms with Gasteiger partial charge in [0.15, 0.2) is 17.4 Å². The highest BCUT2D eigenvalue weighted by molar-refractivity contribution is 5.75. The van der Waals surface area contributed by atoms with Crippen molar-refractivity contribution >= 4 is 23.3 Å². The molecule has 0 radical (unpaired) electrons. The molecule has 0 saturated heterocycles. The van der Waals surface area contributed by atoms with Gasteiger partial charge in [0.25, 0.3) is 0 Å². The molecule has 0 spiro atoms. The van der Waals surface area contributed by atoms with Gasteiger partial charge in [-0.25, -0.2) is 0 Å². The first-order valence-corrected chi connectivity index (χ1v) is 8.70. The van der Waals surface area contributed by atoms with Gasteiger partial charge in [-0.3, -0.25) is 4.79 Å². The van der Waals surface area contributed by atoms with Crippen LogP contribution in [0.15, 0.2) is 12.2 Å². The molecule has 0 aliphatic heterocycles. The van der Waals surface area contributed by atoms with Gasteiger partial charge >= 0.3 is 0 Å². The Morgan fingerprint density at radius 2 is 1.19 bits per heavy atom. The molecule has 0 aliphatic carbocycles. The minimum atomic E-state index is -0.164. The monoisotopic (exact) mass is 311 g/mol. The molecule has 2 nitrogen and oxygen atoms in total. The standard InChI is InChI=1S/C18H35NO.Al.3H/c1-2-3-4-5-6-7-8-9-10-11-12-13-14-15-16-17-18(19)20;;;;/h9-10H,2-8,11-17H2,1H3,(H2,19,20);;;;/b10-9-;;;;. The lowest BCUT2D eigenvalue weighted by atomic mass is 10.1. The minimum absolute atomic E-state index is 0. The van der Waals surface area contributed by atoms with Crippen LogP contribution in [0.25, 0.3) is 0 Å². The smallest absolute Gasteiger partial charge is 0.217 e. The van der Waals surface area contributed by atoms with E-state index in [9.17, 15) is 4.79 Å². The van der Waals surface area contributed by atoms with Crippen molar-refractivity contribution in [1.82, 2.24) is 0 Å². The van der Waals surface area contributed by atoms with Gasteiger partial charge in [-0.05, 0) is 32.1 Å². The van der Waals surface area contributed by atoms with Gasteiger partial charge in [0.1, 0.15) is 0 Å². The molecule has 1 amide bonds. The van der Waals surface area contributed by atoms with Crippen molar-refractivity contribution < 1.29 is 4.79 Å². The van der Waals surface area contributed by atoms with Crippen LogP contribution in [0.3, 0.4) is 0 Å². The zero-order valence-electron chi connectivity index (χ0n) is 13.5. The highest BCUT2D eigenvalue weighted by atomic mass is 27.0. The van der Waals surface area contributed by atoms with Gasteiger partial charge in [-0.2, -0.15) is 0 Å². The van der Waals surface area contributed by atoms with E-state index in [1.165, 1.54) is 70.6 Å². The van der Waals surface area contributed by atoms with Crippen LogP contribution in [-0.4, -0.2) is 23.3 Å². The largest absolute Gasteiger partial charge is 0.370 e. The molecule has 21 heavy (non-hydrogen) atoms. The van der Waals surface area contributed by atoms with E-state index in [-0.39, 0.29) is 23.3 Å². The van der Waals surface area contributed by atoms with Gasteiger partial charge in [0.2, 0.25) is 5.91 Å². The molecule has 2 N–H and O–H groups in total. The maximum Gasteiger partial charge on any atom is 0.217 e. The third-order valence-corrected chi connectivity index (χ3v) is 3.68. The maximum absolute atomic E-state index is 10.5. The molecular formula is C18H38AlNO. The Morgan fingerprint density at radius 3 is 1.67 bits per heavy atom. The third-order valence-electron chi connectivity index (χ3n) is 3.68. The van der Waals surface area contributed by atoms with Crippen LogP contribution in [0.4, 0.5) is 0 Å². The fourth-order valence-electron chi connectivity index (χ4n) is 2.37. The summed E-state index contributed by atoms with van der Waals surface area (Å²) in [4.78, 5) is 10.5. The van der Waals surface area contributed by atoms with Crippen molar-refractivity contribution in [1.29, 1.82) is 0 Å². The molecule has 0 aromatic heterocycles. The predicted octanol–water partition coefficient (Wildman–Crippen LogP) is 4.33. The quantitative estimate of drug-likeness (QED) is 0.273. The summed E-state index contributed by atoms with van der Waals surface area (Å²) in [7, 11) is 0. The first-order valence-electron chi connectivity index (χ1n) is 8.70. The maximum atomic E-state index is 10.5. The van der Waals surface area contributed by atoms with Crippen LogP contribution in [-0.2, 0) is 4.79 Å². The van der Waals surface area contributed by atoms with Crippen LogP contribution in [0.5, 0.6) is 0 Å². The second kappa shape index (κ2) is 19.7. The van der Waals surface area contributed by atoms with E-state index < -0.39 is 0 Å². The summed E-state index contributed by atoms with van der Waals surface area (Å²) in [5, 5.41) is 0. The number of allylic oxidation sites excluding steroid dienone is 2. The number of hydrogen-bond acceptors (Lipinski definition) is 1. The first-order chi connectivity index (χ1) is 9.77. The summed E-state index contributed by atoms with van der Waals surface area (Å²) >= 11 is 0. The average molecular weight is 311 g/mol. The van der Waals surface area contributed by atoms with Gasteiger partial charge in [-0.15, -0.1) is 0 Å². The third kappa shape index (κ3) is 22.2. The van der Waals surface area contributed by atoms with Crippen molar-refractivity contribution in [3.8, 4) is 0 Å². The van der Waals surface area contributed by atoms with Crippen LogP contribution >= 0.6 is 0 Å². The van der Waals surface area contributed by atoms with E-state index in [0.29, 0.717) is 6.42 Å². The number of unbranched alkanes of at least 4 members (excludes halogenated alkanes) is 11. The second-order valence-electron chi connectivity index (χ2n) is 5.80. The molecule has 0 aliphatic rings. The molecule has 124 valence electrons. The lowest BCUT2D eigenvalue weighted by Crippen LogP contribution is -2.09. The Bertz CT molecular complexity index is 241. The molecule has 0 bridgehead atoms. The average Bonchev–Trinajstić information content (AvgIpc) is 2.43. The normalized spacial score (nSPS) is 10.7. The molecule has 0 unspecified atom stereocenters. The molecule has 0 aromatic rings. The van der Waals surface area contributed by atoms with E-state index in [1.807, 2.05) is 0 Å². The highest BCUT2D eigenvalue weighted by Crippen LogP contribution is 2.09. The van der Waals surface area contributed by atoms with Gasteiger partial charge in [-0.1, -0.05) is 70.4 Å². The fraction of sp³-hybridized carbons (Fsp3) is 0.833. The summed E-state index contributed by atoms with van der Waals surface area (Å²) in [6, 6.07) is 0. The first kappa shape index (κ1) is 23.0. The van der Waals surface area contributed by atoms with Crippen molar-refractivity contribution in [3.63, 3.8) is 0 Å². The lowest BCUT2D eigenvalue weighted by molar-refractivity contribution is -0.118. The summed E-state index contributed by atoms with van der Waals surface area (Å²) in [5.41, 5.74) is 5.10. The van der Waals surface area contributed by atoms with Gasteiger partial charge in [0, 0.05) is 6.42 Å². The van der Waals surface area contributed by atoms with E-state index in [1.54, 1.807) is 0 Å². The van der Waals surface area contributed by atoms with Gasteiger partial charge in [0.05, 0.1) is 0 Å².